The molecule has 162 valence electrons. The SMILES string of the molecule is CCCCN(CC(=O)N1CCc2sccc2C1c1ccccc1)C(=O)NC(C)(C)C. The van der Waals surface area contributed by atoms with E-state index >= 15 is 0 Å². The summed E-state index contributed by atoms with van der Waals surface area (Å²) < 4.78 is 0. The summed E-state index contributed by atoms with van der Waals surface area (Å²) in [7, 11) is 0. The largest absolute Gasteiger partial charge is 0.333 e. The van der Waals surface area contributed by atoms with Crippen molar-refractivity contribution < 1.29 is 9.59 Å². The van der Waals surface area contributed by atoms with Crippen LogP contribution in [0.5, 0.6) is 0 Å². The number of nitrogens with zero attached hydrogens (tertiary/aromatic N) is 2. The zero-order chi connectivity index (χ0) is 21.7. The van der Waals surface area contributed by atoms with Crippen molar-refractivity contribution in [2.24, 2.45) is 0 Å². The molecule has 0 saturated carbocycles. The van der Waals surface area contributed by atoms with Crippen LogP contribution in [0.4, 0.5) is 4.79 Å². The van der Waals surface area contributed by atoms with Gasteiger partial charge in [0.2, 0.25) is 5.91 Å². The van der Waals surface area contributed by atoms with E-state index in [4.69, 9.17) is 0 Å². The van der Waals surface area contributed by atoms with E-state index in [0.29, 0.717) is 13.1 Å². The van der Waals surface area contributed by atoms with Gasteiger partial charge in [-0.3, -0.25) is 4.79 Å². The summed E-state index contributed by atoms with van der Waals surface area (Å²) in [4.78, 5) is 31.3. The van der Waals surface area contributed by atoms with E-state index in [2.05, 4.69) is 35.8 Å². The van der Waals surface area contributed by atoms with Gasteiger partial charge in [-0.2, -0.15) is 0 Å². The second kappa shape index (κ2) is 9.65. The number of rotatable bonds is 6. The molecule has 3 amide bonds. The molecule has 1 atom stereocenters. The fraction of sp³-hybridized carbons (Fsp3) is 0.500. The number of amides is 3. The molecule has 0 radical (unpaired) electrons. The molecule has 0 saturated heterocycles. The van der Waals surface area contributed by atoms with Gasteiger partial charge < -0.3 is 15.1 Å². The summed E-state index contributed by atoms with van der Waals surface area (Å²) in [5.74, 6) is 0.000801. The van der Waals surface area contributed by atoms with Gasteiger partial charge in [0.1, 0.15) is 6.54 Å². The molecule has 1 aliphatic rings. The van der Waals surface area contributed by atoms with Gasteiger partial charge in [-0.15, -0.1) is 11.3 Å². The molecule has 6 heteroatoms. The monoisotopic (exact) mass is 427 g/mol. The van der Waals surface area contributed by atoms with Crippen molar-refractivity contribution in [1.29, 1.82) is 0 Å². The molecule has 1 aromatic carbocycles. The van der Waals surface area contributed by atoms with Crippen LogP contribution in [0.15, 0.2) is 41.8 Å². The lowest BCUT2D eigenvalue weighted by atomic mass is 9.93. The van der Waals surface area contributed by atoms with Crippen molar-refractivity contribution in [2.45, 2.75) is 58.5 Å². The quantitative estimate of drug-likeness (QED) is 0.718. The highest BCUT2D eigenvalue weighted by Gasteiger charge is 2.34. The van der Waals surface area contributed by atoms with Gasteiger partial charge in [0.15, 0.2) is 0 Å². The van der Waals surface area contributed by atoms with E-state index in [1.165, 1.54) is 10.4 Å². The van der Waals surface area contributed by atoms with Crippen molar-refractivity contribution in [3.05, 3.63) is 57.8 Å². The lowest BCUT2D eigenvalue weighted by molar-refractivity contribution is -0.134. The minimum absolute atomic E-state index is 0.000801. The van der Waals surface area contributed by atoms with Gasteiger partial charge in [-0.1, -0.05) is 43.7 Å². The predicted molar refractivity (Wildman–Crippen MR) is 123 cm³/mol. The lowest BCUT2D eigenvalue weighted by Crippen LogP contribution is -2.52. The molecular formula is C24H33N3O2S. The Bertz CT molecular complexity index is 857. The number of nitrogens with one attached hydrogen (secondary N) is 1. The van der Waals surface area contributed by atoms with Crippen molar-refractivity contribution in [3.63, 3.8) is 0 Å². The van der Waals surface area contributed by atoms with Gasteiger partial charge in [-0.05, 0) is 56.2 Å². The maximum Gasteiger partial charge on any atom is 0.318 e. The molecule has 2 heterocycles. The molecule has 0 bridgehead atoms. The number of thiophene rings is 1. The van der Waals surface area contributed by atoms with E-state index < -0.39 is 0 Å². The predicted octanol–water partition coefficient (Wildman–Crippen LogP) is 4.83. The molecular weight excluding hydrogens is 394 g/mol. The van der Waals surface area contributed by atoms with Crippen LogP contribution in [0.2, 0.25) is 0 Å². The number of carbonyl (C=O) groups is 2. The van der Waals surface area contributed by atoms with Crippen LogP contribution in [0.25, 0.3) is 0 Å². The number of fused-ring (bicyclic) bond motifs is 1. The summed E-state index contributed by atoms with van der Waals surface area (Å²) in [6, 6.07) is 12.1. The van der Waals surface area contributed by atoms with Gasteiger partial charge in [0, 0.05) is 23.5 Å². The standard InChI is InChI=1S/C24H33N3O2S/c1-5-6-14-26(23(29)25-24(2,3)4)17-21(28)27-15-12-20-19(13-16-30-20)22(27)18-10-8-7-9-11-18/h7-11,13,16,22H,5-6,12,14-15,17H2,1-4H3,(H,25,29). The normalized spacial score (nSPS) is 16.1. The van der Waals surface area contributed by atoms with Gasteiger partial charge >= 0.3 is 6.03 Å². The van der Waals surface area contributed by atoms with Crippen molar-refractivity contribution in [1.82, 2.24) is 15.1 Å². The summed E-state index contributed by atoms with van der Waals surface area (Å²) in [5, 5.41) is 5.12. The van der Waals surface area contributed by atoms with Crippen molar-refractivity contribution in [3.8, 4) is 0 Å². The first kappa shape index (κ1) is 22.3. The highest BCUT2D eigenvalue weighted by atomic mass is 32.1. The number of urea groups is 1. The van der Waals surface area contributed by atoms with Crippen LogP contribution in [0.1, 0.15) is 62.6 Å². The first-order valence-electron chi connectivity index (χ1n) is 10.8. The Hall–Kier alpha value is -2.34. The van der Waals surface area contributed by atoms with E-state index in [1.807, 2.05) is 43.9 Å². The number of benzene rings is 1. The van der Waals surface area contributed by atoms with Crippen LogP contribution in [-0.4, -0.2) is 46.9 Å². The van der Waals surface area contributed by atoms with E-state index in [9.17, 15) is 9.59 Å². The molecule has 0 aliphatic carbocycles. The zero-order valence-electron chi connectivity index (χ0n) is 18.5. The Morgan fingerprint density at radius 3 is 2.60 bits per heavy atom. The second-order valence-corrected chi connectivity index (χ2v) is 9.91. The topological polar surface area (TPSA) is 52.7 Å². The molecule has 1 N–H and O–H groups in total. The average Bonchev–Trinajstić information content (AvgIpc) is 3.18. The van der Waals surface area contributed by atoms with Crippen LogP contribution in [0, 0.1) is 0 Å². The molecule has 3 rings (SSSR count). The summed E-state index contributed by atoms with van der Waals surface area (Å²) in [6.45, 7) is 9.32. The maximum absolute atomic E-state index is 13.5. The van der Waals surface area contributed by atoms with Crippen molar-refractivity contribution >= 4 is 23.3 Å². The minimum atomic E-state index is -0.339. The number of hydrogen-bond donors (Lipinski definition) is 1. The molecule has 2 aromatic rings. The Kier molecular flexibility index (Phi) is 7.19. The molecule has 30 heavy (non-hydrogen) atoms. The Balaban J connectivity index is 1.83. The summed E-state index contributed by atoms with van der Waals surface area (Å²) in [5.41, 5.74) is 1.99. The van der Waals surface area contributed by atoms with Gasteiger partial charge in [0.25, 0.3) is 0 Å². The number of unbranched alkanes of at least 4 members (excludes halogenated alkanes) is 1. The second-order valence-electron chi connectivity index (χ2n) is 8.90. The van der Waals surface area contributed by atoms with Gasteiger partial charge in [-0.25, -0.2) is 4.79 Å². The highest BCUT2D eigenvalue weighted by Crippen LogP contribution is 2.37. The molecule has 1 unspecified atom stereocenters. The average molecular weight is 428 g/mol. The molecule has 0 spiro atoms. The van der Waals surface area contributed by atoms with E-state index in [0.717, 1.165) is 24.8 Å². The van der Waals surface area contributed by atoms with Crippen LogP contribution < -0.4 is 5.32 Å². The number of hydrogen-bond acceptors (Lipinski definition) is 3. The molecule has 1 aliphatic heterocycles. The fourth-order valence-electron chi connectivity index (χ4n) is 3.84. The molecule has 5 nitrogen and oxygen atoms in total. The van der Waals surface area contributed by atoms with E-state index in [-0.39, 0.29) is 30.1 Å². The fourth-order valence-corrected chi connectivity index (χ4v) is 4.74. The first-order chi connectivity index (χ1) is 14.3. The minimum Gasteiger partial charge on any atom is -0.333 e. The lowest BCUT2D eigenvalue weighted by Gasteiger charge is -2.38. The summed E-state index contributed by atoms with van der Waals surface area (Å²) in [6.07, 6.45) is 2.72. The van der Waals surface area contributed by atoms with Crippen molar-refractivity contribution in [2.75, 3.05) is 19.6 Å². The Morgan fingerprint density at radius 1 is 1.20 bits per heavy atom. The zero-order valence-corrected chi connectivity index (χ0v) is 19.3. The summed E-state index contributed by atoms with van der Waals surface area (Å²) >= 11 is 1.76. The van der Waals surface area contributed by atoms with Crippen LogP contribution in [0.3, 0.4) is 0 Å². The third kappa shape index (κ3) is 5.42. The third-order valence-corrected chi connectivity index (χ3v) is 6.27. The first-order valence-corrected chi connectivity index (χ1v) is 11.7. The molecule has 1 aromatic heterocycles. The van der Waals surface area contributed by atoms with Crippen LogP contribution in [-0.2, 0) is 11.2 Å². The smallest absolute Gasteiger partial charge is 0.318 e. The number of carbonyl (C=O) groups excluding carboxylic acids is 2. The maximum atomic E-state index is 13.5. The highest BCUT2D eigenvalue weighted by molar-refractivity contribution is 7.10. The third-order valence-electron chi connectivity index (χ3n) is 5.28. The Labute approximate surface area is 184 Å². The van der Waals surface area contributed by atoms with Crippen LogP contribution >= 0.6 is 11.3 Å². The van der Waals surface area contributed by atoms with E-state index in [1.54, 1.807) is 16.2 Å². The Morgan fingerprint density at radius 2 is 1.93 bits per heavy atom. The molecule has 0 fully saturated rings. The van der Waals surface area contributed by atoms with Gasteiger partial charge in [0.05, 0.1) is 6.04 Å².